The van der Waals surface area contributed by atoms with Crippen LogP contribution >= 0.6 is 11.3 Å². The van der Waals surface area contributed by atoms with Gasteiger partial charge in [0, 0.05) is 16.5 Å². The van der Waals surface area contributed by atoms with Crippen molar-refractivity contribution in [3.8, 4) is 10.6 Å². The van der Waals surface area contributed by atoms with E-state index in [0.29, 0.717) is 5.69 Å². The highest BCUT2D eigenvalue weighted by atomic mass is 32.1. The van der Waals surface area contributed by atoms with Crippen LogP contribution in [-0.4, -0.2) is 23.4 Å². The van der Waals surface area contributed by atoms with Gasteiger partial charge in [-0.3, -0.25) is 9.59 Å². The molecule has 3 rings (SSSR count). The van der Waals surface area contributed by atoms with E-state index in [2.05, 4.69) is 10.3 Å². The molecule has 0 saturated heterocycles. The summed E-state index contributed by atoms with van der Waals surface area (Å²) in [5.41, 5.74) is 0.694. The summed E-state index contributed by atoms with van der Waals surface area (Å²) >= 11 is 1.42. The summed E-state index contributed by atoms with van der Waals surface area (Å²) in [6, 6.07) is 13.2. The summed E-state index contributed by atoms with van der Waals surface area (Å²) in [7, 11) is 0. The second kappa shape index (κ2) is 8.87. The number of aromatic nitrogens is 1. The first kappa shape index (κ1) is 20.5. The second-order valence-electron chi connectivity index (χ2n) is 5.93. The van der Waals surface area contributed by atoms with E-state index in [1.54, 1.807) is 5.38 Å². The van der Waals surface area contributed by atoms with E-state index in [1.807, 2.05) is 30.3 Å². The lowest BCUT2D eigenvalue weighted by Crippen LogP contribution is -2.30. The molecule has 2 aromatic carbocycles. The highest BCUT2D eigenvalue weighted by molar-refractivity contribution is 7.13. The molecular formula is C20H15F3N2O3S. The molecule has 29 heavy (non-hydrogen) atoms. The van der Waals surface area contributed by atoms with Gasteiger partial charge in [-0.15, -0.1) is 11.3 Å². The van der Waals surface area contributed by atoms with E-state index in [4.69, 9.17) is 4.74 Å². The molecule has 1 amide bonds. The molecule has 0 saturated carbocycles. The number of carbonyl (C=O) groups excluding carboxylic acids is 2. The number of benzene rings is 2. The van der Waals surface area contributed by atoms with E-state index in [9.17, 15) is 22.8 Å². The van der Waals surface area contributed by atoms with Crippen molar-refractivity contribution in [3.63, 3.8) is 0 Å². The summed E-state index contributed by atoms with van der Waals surface area (Å²) in [5, 5.41) is 4.88. The standard InChI is InChI=1S/C20H15F3N2O3S/c21-20(22,23)15-8-6-13(7-9-15)18(27)24-10-17(26)28-11-16-12-29-19(25-16)14-4-2-1-3-5-14/h1-9,12H,10-11H2,(H,24,27). The fraction of sp³-hybridized carbons (Fsp3) is 0.150. The number of carbonyl (C=O) groups is 2. The normalized spacial score (nSPS) is 11.1. The zero-order valence-corrected chi connectivity index (χ0v) is 15.7. The quantitative estimate of drug-likeness (QED) is 0.604. The number of hydrogen-bond acceptors (Lipinski definition) is 5. The van der Waals surface area contributed by atoms with Gasteiger partial charge in [-0.2, -0.15) is 13.2 Å². The Balaban J connectivity index is 1.46. The molecule has 0 bridgehead atoms. The number of hydrogen-bond donors (Lipinski definition) is 1. The first-order chi connectivity index (χ1) is 13.8. The Kier molecular flexibility index (Phi) is 6.28. The van der Waals surface area contributed by atoms with Crippen LogP contribution in [0.3, 0.4) is 0 Å². The molecule has 9 heteroatoms. The summed E-state index contributed by atoms with van der Waals surface area (Å²) in [4.78, 5) is 28.1. The third-order valence-electron chi connectivity index (χ3n) is 3.82. The Hall–Kier alpha value is -3.20. The van der Waals surface area contributed by atoms with E-state index < -0.39 is 30.2 Å². The highest BCUT2D eigenvalue weighted by Crippen LogP contribution is 2.29. The summed E-state index contributed by atoms with van der Waals surface area (Å²) in [5.74, 6) is -1.35. The van der Waals surface area contributed by atoms with Gasteiger partial charge in [0.2, 0.25) is 0 Å². The average molecular weight is 420 g/mol. The lowest BCUT2D eigenvalue weighted by Gasteiger charge is -2.08. The van der Waals surface area contributed by atoms with E-state index >= 15 is 0 Å². The van der Waals surface area contributed by atoms with Crippen molar-refractivity contribution in [1.82, 2.24) is 10.3 Å². The van der Waals surface area contributed by atoms with Crippen LogP contribution in [0, 0.1) is 0 Å². The van der Waals surface area contributed by atoms with Crippen molar-refractivity contribution in [2.24, 2.45) is 0 Å². The van der Waals surface area contributed by atoms with Crippen molar-refractivity contribution in [3.05, 3.63) is 76.8 Å². The average Bonchev–Trinajstić information content (AvgIpc) is 3.20. The third-order valence-corrected chi connectivity index (χ3v) is 4.76. The number of ether oxygens (including phenoxy) is 1. The number of nitrogens with one attached hydrogen (secondary N) is 1. The first-order valence-electron chi connectivity index (χ1n) is 8.44. The van der Waals surface area contributed by atoms with Crippen LogP contribution in [0.5, 0.6) is 0 Å². The van der Waals surface area contributed by atoms with Crippen LogP contribution in [0.2, 0.25) is 0 Å². The molecule has 0 atom stereocenters. The number of halogens is 3. The van der Waals surface area contributed by atoms with E-state index in [1.165, 1.54) is 11.3 Å². The van der Waals surface area contributed by atoms with Gasteiger partial charge in [0.1, 0.15) is 18.2 Å². The summed E-state index contributed by atoms with van der Waals surface area (Å²) < 4.78 is 42.7. The van der Waals surface area contributed by atoms with E-state index in [0.717, 1.165) is 34.8 Å². The maximum absolute atomic E-state index is 12.5. The molecule has 0 aliphatic rings. The fourth-order valence-electron chi connectivity index (χ4n) is 2.36. The second-order valence-corrected chi connectivity index (χ2v) is 6.79. The number of esters is 1. The number of alkyl halides is 3. The van der Waals surface area contributed by atoms with Gasteiger partial charge >= 0.3 is 12.1 Å². The van der Waals surface area contributed by atoms with Crippen LogP contribution < -0.4 is 5.32 Å². The van der Waals surface area contributed by atoms with Crippen molar-refractivity contribution in [2.45, 2.75) is 12.8 Å². The third kappa shape index (κ3) is 5.64. The Bertz CT molecular complexity index is 986. The number of rotatable bonds is 6. The lowest BCUT2D eigenvalue weighted by molar-refractivity contribution is -0.143. The van der Waals surface area contributed by atoms with Crippen molar-refractivity contribution < 1.29 is 27.5 Å². The van der Waals surface area contributed by atoms with Crippen LogP contribution in [-0.2, 0) is 22.3 Å². The van der Waals surface area contributed by atoms with Crippen molar-refractivity contribution >= 4 is 23.2 Å². The Labute approximate surface area is 168 Å². The topological polar surface area (TPSA) is 68.3 Å². The number of thiazole rings is 1. The summed E-state index contributed by atoms with van der Waals surface area (Å²) in [6.07, 6.45) is -4.48. The molecule has 1 aromatic heterocycles. The molecule has 0 aliphatic heterocycles. The van der Waals surface area contributed by atoms with Crippen LogP contribution in [0.25, 0.3) is 10.6 Å². The summed E-state index contributed by atoms with van der Waals surface area (Å²) in [6.45, 7) is -0.451. The van der Waals surface area contributed by atoms with Crippen LogP contribution in [0.1, 0.15) is 21.6 Å². The van der Waals surface area contributed by atoms with Gasteiger partial charge in [0.25, 0.3) is 5.91 Å². The van der Waals surface area contributed by atoms with Gasteiger partial charge in [0.05, 0.1) is 11.3 Å². The molecule has 5 nitrogen and oxygen atoms in total. The molecule has 0 fully saturated rings. The predicted molar refractivity (Wildman–Crippen MR) is 101 cm³/mol. The van der Waals surface area contributed by atoms with Gasteiger partial charge in [0.15, 0.2) is 0 Å². The molecule has 150 valence electrons. The number of amides is 1. The van der Waals surface area contributed by atoms with Crippen LogP contribution in [0.15, 0.2) is 60.0 Å². The van der Waals surface area contributed by atoms with Crippen LogP contribution in [0.4, 0.5) is 13.2 Å². The van der Waals surface area contributed by atoms with Gasteiger partial charge in [-0.05, 0) is 24.3 Å². The van der Waals surface area contributed by atoms with Gasteiger partial charge in [-0.1, -0.05) is 30.3 Å². The molecule has 0 spiro atoms. The Morgan fingerprint density at radius 1 is 1.03 bits per heavy atom. The Morgan fingerprint density at radius 3 is 2.38 bits per heavy atom. The largest absolute Gasteiger partial charge is 0.458 e. The maximum Gasteiger partial charge on any atom is 0.416 e. The van der Waals surface area contributed by atoms with E-state index in [-0.39, 0.29) is 12.2 Å². The van der Waals surface area contributed by atoms with Gasteiger partial charge < -0.3 is 10.1 Å². The SMILES string of the molecule is O=C(CNC(=O)c1ccc(C(F)(F)F)cc1)OCc1csc(-c2ccccc2)n1. The zero-order chi connectivity index (χ0) is 20.9. The van der Waals surface area contributed by atoms with Crippen molar-refractivity contribution in [1.29, 1.82) is 0 Å². The predicted octanol–water partition coefficient (Wildman–Crippen LogP) is 4.30. The minimum Gasteiger partial charge on any atom is -0.458 e. The monoisotopic (exact) mass is 420 g/mol. The molecule has 0 unspecified atom stereocenters. The van der Waals surface area contributed by atoms with Crippen molar-refractivity contribution in [2.75, 3.05) is 6.54 Å². The Morgan fingerprint density at radius 2 is 1.72 bits per heavy atom. The lowest BCUT2D eigenvalue weighted by atomic mass is 10.1. The molecule has 1 heterocycles. The number of nitrogens with zero attached hydrogens (tertiary/aromatic N) is 1. The highest BCUT2D eigenvalue weighted by Gasteiger charge is 2.30. The fourth-order valence-corrected chi connectivity index (χ4v) is 3.17. The van der Waals surface area contributed by atoms with Gasteiger partial charge in [-0.25, -0.2) is 4.98 Å². The maximum atomic E-state index is 12.5. The zero-order valence-electron chi connectivity index (χ0n) is 14.9. The molecule has 1 N–H and O–H groups in total. The molecule has 0 aliphatic carbocycles. The smallest absolute Gasteiger partial charge is 0.416 e. The molecule has 0 radical (unpaired) electrons. The molecule has 3 aromatic rings. The minimum absolute atomic E-state index is 0.0119. The first-order valence-corrected chi connectivity index (χ1v) is 9.32. The molecular weight excluding hydrogens is 405 g/mol. The minimum atomic E-state index is -4.48.